The van der Waals surface area contributed by atoms with E-state index in [2.05, 4.69) is 9.69 Å². The topological polar surface area (TPSA) is 61.9 Å². The Labute approximate surface area is 68.0 Å². The summed E-state index contributed by atoms with van der Waals surface area (Å²) in [6, 6.07) is 0. The van der Waals surface area contributed by atoms with Crippen molar-refractivity contribution in [3.63, 3.8) is 0 Å². The van der Waals surface area contributed by atoms with Crippen molar-refractivity contribution >= 4 is 17.4 Å². The monoisotopic (exact) mass is 171 g/mol. The number of carbonyl (C=O) groups is 1. The van der Waals surface area contributed by atoms with Crippen LogP contribution in [0.25, 0.3) is 0 Å². The number of hydrogen-bond acceptors (Lipinski definition) is 3. The van der Waals surface area contributed by atoms with E-state index < -0.39 is 5.88 Å². The first kappa shape index (κ1) is 8.00. The lowest BCUT2D eigenvalue weighted by Gasteiger charge is -1.96. The Morgan fingerprint density at radius 3 is 3.00 bits per heavy atom. The van der Waals surface area contributed by atoms with E-state index in [-0.39, 0.29) is 11.5 Å². The zero-order valence-corrected chi connectivity index (χ0v) is 6.77. The van der Waals surface area contributed by atoms with Crippen molar-refractivity contribution in [2.75, 3.05) is 6.54 Å². The van der Waals surface area contributed by atoms with Crippen LogP contribution >= 0.6 is 11.5 Å². The van der Waals surface area contributed by atoms with Gasteiger partial charge in [0.1, 0.15) is 5.56 Å². The van der Waals surface area contributed by atoms with Crippen LogP contribution in [0.3, 0.4) is 0 Å². The second-order valence-corrected chi connectivity index (χ2v) is 2.52. The van der Waals surface area contributed by atoms with Gasteiger partial charge in [-0.05, 0) is 18.5 Å². The summed E-state index contributed by atoms with van der Waals surface area (Å²) in [5.74, 6) is -0.785. The fourth-order valence-electron chi connectivity index (χ4n) is 0.633. The molecule has 59 valence electrons. The average Bonchev–Trinajstić information content (AvgIpc) is 2.36. The number of nitrogens with zero attached hydrogens (tertiary/aromatic N) is 1. The zero-order chi connectivity index (χ0) is 8.27. The lowest BCUT2D eigenvalue weighted by molar-refractivity contribution is 0.0951. The van der Waals surface area contributed by atoms with E-state index in [4.69, 9.17) is 0 Å². The smallest absolute Gasteiger partial charge is 0.293 e. The van der Waals surface area contributed by atoms with E-state index in [0.717, 1.165) is 11.5 Å². The highest BCUT2D eigenvalue weighted by atomic mass is 32.1. The molecule has 0 aliphatic rings. The van der Waals surface area contributed by atoms with Gasteiger partial charge >= 0.3 is 0 Å². The summed E-state index contributed by atoms with van der Waals surface area (Å²) in [4.78, 5) is 11.0. The van der Waals surface area contributed by atoms with Crippen LogP contribution in [-0.4, -0.2) is 16.8 Å². The van der Waals surface area contributed by atoms with Gasteiger partial charge < -0.3 is 5.32 Å². The molecule has 1 N–H and O–H groups in total. The Morgan fingerprint density at radius 2 is 2.55 bits per heavy atom. The second-order valence-electron chi connectivity index (χ2n) is 1.89. The first-order valence-corrected chi connectivity index (χ1v) is 3.99. The van der Waals surface area contributed by atoms with Crippen LogP contribution in [-0.2, 0) is 5.11 Å². The summed E-state index contributed by atoms with van der Waals surface area (Å²) < 4.78 is 3.45. The van der Waals surface area contributed by atoms with E-state index in [1.54, 1.807) is 6.92 Å². The second kappa shape index (κ2) is 3.34. The molecule has 1 radical (unpaired) electrons. The van der Waals surface area contributed by atoms with Crippen molar-refractivity contribution in [1.82, 2.24) is 9.69 Å². The fourth-order valence-corrected chi connectivity index (χ4v) is 1.19. The van der Waals surface area contributed by atoms with E-state index in [0.29, 0.717) is 6.54 Å². The third-order valence-electron chi connectivity index (χ3n) is 1.12. The fraction of sp³-hybridized carbons (Fsp3) is 0.333. The van der Waals surface area contributed by atoms with Gasteiger partial charge in [0.15, 0.2) is 0 Å². The van der Waals surface area contributed by atoms with Gasteiger partial charge in [0, 0.05) is 11.9 Å². The largest absolute Gasteiger partial charge is 0.352 e. The van der Waals surface area contributed by atoms with E-state index in [1.165, 1.54) is 5.38 Å². The van der Waals surface area contributed by atoms with Gasteiger partial charge in [-0.25, -0.2) is 0 Å². The van der Waals surface area contributed by atoms with Gasteiger partial charge in [0.2, 0.25) is 0 Å². The molecule has 0 aliphatic carbocycles. The van der Waals surface area contributed by atoms with E-state index in [9.17, 15) is 9.90 Å². The lowest BCUT2D eigenvalue weighted by atomic mass is 10.3. The third-order valence-corrected chi connectivity index (χ3v) is 1.73. The molecule has 0 saturated heterocycles. The van der Waals surface area contributed by atoms with Crippen LogP contribution in [0.15, 0.2) is 5.38 Å². The minimum absolute atomic E-state index is 0.136. The molecule has 0 fully saturated rings. The number of aromatic nitrogens is 1. The van der Waals surface area contributed by atoms with E-state index in [1.807, 2.05) is 0 Å². The molecule has 0 atom stereocenters. The Balaban J connectivity index is 2.76. The normalized spacial score (nSPS) is 9.55. The van der Waals surface area contributed by atoms with Crippen molar-refractivity contribution in [2.24, 2.45) is 0 Å². The number of nitrogens with one attached hydrogen (secondary N) is 1. The predicted molar refractivity (Wildman–Crippen MR) is 40.3 cm³/mol. The van der Waals surface area contributed by atoms with Crippen LogP contribution in [0.2, 0.25) is 0 Å². The quantitative estimate of drug-likeness (QED) is 0.722. The number of amides is 1. The highest BCUT2D eigenvalue weighted by Gasteiger charge is 2.13. The van der Waals surface area contributed by atoms with Gasteiger partial charge in [-0.15, -0.1) is 0 Å². The molecule has 0 aliphatic heterocycles. The van der Waals surface area contributed by atoms with Crippen LogP contribution in [0.4, 0.5) is 0 Å². The Hall–Kier alpha value is -1.10. The molecule has 1 amide bonds. The Morgan fingerprint density at radius 1 is 1.82 bits per heavy atom. The highest BCUT2D eigenvalue weighted by Crippen LogP contribution is 2.16. The molecular weight excluding hydrogens is 164 g/mol. The minimum atomic E-state index is -0.444. The van der Waals surface area contributed by atoms with Gasteiger partial charge in [0.25, 0.3) is 11.8 Å². The maximum Gasteiger partial charge on any atom is 0.293 e. The molecule has 1 aromatic rings. The maximum atomic E-state index is 11.0. The van der Waals surface area contributed by atoms with Crippen LogP contribution in [0.1, 0.15) is 17.3 Å². The molecular formula is C6H7N2O2S. The van der Waals surface area contributed by atoms with E-state index >= 15 is 0 Å². The van der Waals surface area contributed by atoms with Crippen LogP contribution in [0.5, 0.6) is 5.88 Å². The van der Waals surface area contributed by atoms with Crippen molar-refractivity contribution in [2.45, 2.75) is 6.92 Å². The summed E-state index contributed by atoms with van der Waals surface area (Å²) in [6.07, 6.45) is 0. The summed E-state index contributed by atoms with van der Waals surface area (Å²) in [6.45, 7) is 2.32. The van der Waals surface area contributed by atoms with Crippen molar-refractivity contribution in [3.8, 4) is 5.88 Å². The molecule has 11 heavy (non-hydrogen) atoms. The Kier molecular flexibility index (Phi) is 2.43. The van der Waals surface area contributed by atoms with Crippen molar-refractivity contribution in [1.29, 1.82) is 0 Å². The summed E-state index contributed by atoms with van der Waals surface area (Å²) >= 11 is 0.997. The maximum absolute atomic E-state index is 11.0. The molecule has 1 aromatic heterocycles. The molecule has 4 nitrogen and oxygen atoms in total. The Bertz CT molecular complexity index is 259. The molecule has 0 unspecified atom stereocenters. The molecule has 0 saturated carbocycles. The van der Waals surface area contributed by atoms with Crippen LogP contribution in [0, 0.1) is 0 Å². The third kappa shape index (κ3) is 1.68. The van der Waals surface area contributed by atoms with Crippen molar-refractivity contribution < 1.29 is 9.90 Å². The predicted octanol–water partition coefficient (Wildman–Crippen LogP) is 1.04. The first-order chi connectivity index (χ1) is 5.25. The van der Waals surface area contributed by atoms with Gasteiger partial charge in [0.05, 0.1) is 0 Å². The molecule has 0 bridgehead atoms. The molecule has 5 heteroatoms. The standard InChI is InChI=1S/C6H7N2O2S/c1-2-7-5(9)4-3-11-8-6(4)10/h3H,2H2,1H3,(H,7,9). The molecule has 0 spiro atoms. The zero-order valence-electron chi connectivity index (χ0n) is 5.96. The molecule has 0 aromatic carbocycles. The summed E-state index contributed by atoms with van der Waals surface area (Å²) in [5.41, 5.74) is 0.136. The SMILES string of the molecule is CCNC(=O)c1csnc1[O]. The number of hydrogen-bond donors (Lipinski definition) is 1. The molecule has 1 heterocycles. The average molecular weight is 171 g/mol. The number of carbonyl (C=O) groups excluding carboxylic acids is 1. The number of rotatable bonds is 2. The van der Waals surface area contributed by atoms with Crippen molar-refractivity contribution in [3.05, 3.63) is 10.9 Å². The van der Waals surface area contributed by atoms with Gasteiger partial charge in [-0.2, -0.15) is 4.37 Å². The summed E-state index contributed by atoms with van der Waals surface area (Å²) in [5, 5.41) is 14.7. The lowest BCUT2D eigenvalue weighted by Crippen LogP contribution is -2.21. The first-order valence-electron chi connectivity index (χ1n) is 3.15. The van der Waals surface area contributed by atoms with Crippen LogP contribution < -0.4 is 5.32 Å². The highest BCUT2D eigenvalue weighted by molar-refractivity contribution is 7.04. The van der Waals surface area contributed by atoms with Gasteiger partial charge in [-0.3, -0.25) is 9.90 Å². The van der Waals surface area contributed by atoms with Gasteiger partial charge in [-0.1, -0.05) is 0 Å². The summed E-state index contributed by atoms with van der Waals surface area (Å²) in [7, 11) is 0. The molecule has 1 rings (SSSR count). The minimum Gasteiger partial charge on any atom is -0.352 e.